The highest BCUT2D eigenvalue weighted by molar-refractivity contribution is 7.98. The Morgan fingerprint density at radius 2 is 1.81 bits per heavy atom. The zero-order valence-corrected chi connectivity index (χ0v) is 24.3. The first-order chi connectivity index (χ1) is 20.5. The Kier molecular flexibility index (Phi) is 9.05. The molecule has 0 aliphatic carbocycles. The number of carbonyl (C=O) groups is 2. The molecule has 0 radical (unpaired) electrons. The van der Waals surface area contributed by atoms with Gasteiger partial charge in [-0.25, -0.2) is 14.6 Å². The topological polar surface area (TPSA) is 82.5 Å². The second-order valence-corrected chi connectivity index (χ2v) is 10.9. The summed E-state index contributed by atoms with van der Waals surface area (Å²) < 4.78 is 9.01. The van der Waals surface area contributed by atoms with Crippen molar-refractivity contribution in [3.05, 3.63) is 120 Å². The smallest absolute Gasteiger partial charge is 0.328 e. The molecule has 5 aromatic rings. The molecule has 1 atom stereocenters. The van der Waals surface area contributed by atoms with Crippen molar-refractivity contribution in [2.24, 2.45) is 0 Å². The average molecular weight is 578 g/mol. The fraction of sp³-hybridized carbons (Fsp3) is 0.212. The number of methoxy groups -OCH3 is 1. The van der Waals surface area contributed by atoms with Crippen LogP contribution < -0.4 is 5.32 Å². The van der Waals surface area contributed by atoms with E-state index in [2.05, 4.69) is 31.8 Å². The monoisotopic (exact) mass is 577 g/mol. The van der Waals surface area contributed by atoms with Gasteiger partial charge in [-0.05, 0) is 40.3 Å². The van der Waals surface area contributed by atoms with E-state index in [1.165, 1.54) is 7.11 Å². The van der Waals surface area contributed by atoms with Gasteiger partial charge >= 0.3 is 5.97 Å². The minimum Gasteiger partial charge on any atom is -0.467 e. The number of thioether (sulfide) groups is 1. The highest BCUT2D eigenvalue weighted by Gasteiger charge is 2.25. The lowest BCUT2D eigenvalue weighted by molar-refractivity contribution is -0.142. The Labute approximate surface area is 249 Å². The number of fused-ring (bicyclic) bond motifs is 1. The number of imidazole rings is 1. The molecule has 2 aromatic heterocycles. The van der Waals surface area contributed by atoms with Gasteiger partial charge in [-0.1, -0.05) is 66.7 Å². The van der Waals surface area contributed by atoms with E-state index in [1.807, 2.05) is 84.0 Å². The van der Waals surface area contributed by atoms with Gasteiger partial charge in [0.15, 0.2) is 5.69 Å². The van der Waals surface area contributed by atoms with Crippen LogP contribution in [0, 0.1) is 6.57 Å². The summed E-state index contributed by atoms with van der Waals surface area (Å²) in [6, 6.07) is 20.9. The SMILES string of the molecule is [C-]#[N+]c1ccc(Cn2cncc2Cn2cc(C(=O)N[C@H](CCSC)C(=O)OC)c(-c3cccc4ccccc34)c2)cc1. The van der Waals surface area contributed by atoms with E-state index in [1.54, 1.807) is 18.1 Å². The van der Waals surface area contributed by atoms with Gasteiger partial charge in [0.1, 0.15) is 6.04 Å². The first-order valence-electron chi connectivity index (χ1n) is 13.5. The third kappa shape index (κ3) is 6.40. The second-order valence-electron chi connectivity index (χ2n) is 9.91. The van der Waals surface area contributed by atoms with Crippen LogP contribution in [0.1, 0.15) is 28.0 Å². The van der Waals surface area contributed by atoms with Crippen molar-refractivity contribution in [2.75, 3.05) is 19.1 Å². The standard InChI is InChI=1S/C33H31N5O3S/c1-34-25-13-11-23(12-14-25)18-38-22-35-17-26(38)19-37-20-29(28-10-6-8-24-7-4-5-9-27(24)28)30(21-37)32(39)36-31(15-16-42-3)33(40)41-2/h4-14,17,20-22,31H,15-16,18-19H2,2-3H3,(H,36,39)/t31-/m1/s1. The van der Waals surface area contributed by atoms with Crippen molar-refractivity contribution >= 4 is 40.1 Å². The summed E-state index contributed by atoms with van der Waals surface area (Å²) in [5.41, 5.74) is 4.81. The van der Waals surface area contributed by atoms with E-state index >= 15 is 0 Å². The number of rotatable bonds is 11. The molecule has 1 N–H and O–H groups in total. The number of aromatic nitrogens is 3. The summed E-state index contributed by atoms with van der Waals surface area (Å²) >= 11 is 1.61. The fourth-order valence-corrected chi connectivity index (χ4v) is 5.47. The van der Waals surface area contributed by atoms with Crippen molar-refractivity contribution in [1.29, 1.82) is 0 Å². The van der Waals surface area contributed by atoms with Crippen molar-refractivity contribution in [1.82, 2.24) is 19.4 Å². The molecule has 0 saturated carbocycles. The van der Waals surface area contributed by atoms with Gasteiger partial charge in [0, 0.05) is 30.7 Å². The Balaban J connectivity index is 1.50. The minimum absolute atomic E-state index is 0.332. The number of benzene rings is 3. The molecule has 212 valence electrons. The number of amides is 1. The number of carbonyl (C=O) groups excluding carboxylic acids is 2. The maximum atomic E-state index is 13.8. The van der Waals surface area contributed by atoms with Crippen molar-refractivity contribution in [3.63, 3.8) is 0 Å². The van der Waals surface area contributed by atoms with Gasteiger partial charge in [-0.15, -0.1) is 0 Å². The van der Waals surface area contributed by atoms with E-state index in [4.69, 9.17) is 11.3 Å². The first kappa shape index (κ1) is 28.7. The number of nitrogens with one attached hydrogen (secondary N) is 1. The Morgan fingerprint density at radius 1 is 1.02 bits per heavy atom. The number of nitrogens with zero attached hydrogens (tertiary/aromatic N) is 4. The lowest BCUT2D eigenvalue weighted by Gasteiger charge is -2.16. The molecule has 0 saturated heterocycles. The molecule has 2 heterocycles. The quantitative estimate of drug-likeness (QED) is 0.150. The molecule has 42 heavy (non-hydrogen) atoms. The Morgan fingerprint density at radius 3 is 2.57 bits per heavy atom. The fourth-order valence-electron chi connectivity index (χ4n) is 5.00. The van der Waals surface area contributed by atoms with E-state index in [0.29, 0.717) is 36.5 Å². The van der Waals surface area contributed by atoms with Crippen LogP contribution in [0.5, 0.6) is 0 Å². The van der Waals surface area contributed by atoms with E-state index in [-0.39, 0.29) is 5.91 Å². The van der Waals surface area contributed by atoms with Crippen molar-refractivity contribution in [3.8, 4) is 11.1 Å². The molecule has 0 bridgehead atoms. The largest absolute Gasteiger partial charge is 0.467 e. The van der Waals surface area contributed by atoms with Crippen LogP contribution in [0.4, 0.5) is 5.69 Å². The summed E-state index contributed by atoms with van der Waals surface area (Å²) in [6.07, 6.45) is 9.85. The maximum Gasteiger partial charge on any atom is 0.328 e. The zero-order valence-electron chi connectivity index (χ0n) is 23.5. The Hall–Kier alpha value is -4.81. The molecular formula is C33H31N5O3S. The van der Waals surface area contributed by atoms with Crippen LogP contribution in [-0.2, 0) is 22.6 Å². The summed E-state index contributed by atoms with van der Waals surface area (Å²) in [5.74, 6) is -0.0829. The van der Waals surface area contributed by atoms with E-state index in [9.17, 15) is 9.59 Å². The minimum atomic E-state index is -0.741. The molecular weight excluding hydrogens is 546 g/mol. The molecule has 9 heteroatoms. The lowest BCUT2D eigenvalue weighted by Crippen LogP contribution is -2.42. The van der Waals surface area contributed by atoms with Gasteiger partial charge in [-0.2, -0.15) is 11.8 Å². The predicted octanol–water partition coefficient (Wildman–Crippen LogP) is 6.18. The number of hydrogen-bond donors (Lipinski definition) is 1. The van der Waals surface area contributed by atoms with Crippen LogP contribution in [0.2, 0.25) is 0 Å². The highest BCUT2D eigenvalue weighted by atomic mass is 32.2. The van der Waals surface area contributed by atoms with Crippen LogP contribution in [0.3, 0.4) is 0 Å². The van der Waals surface area contributed by atoms with E-state index in [0.717, 1.165) is 33.2 Å². The van der Waals surface area contributed by atoms with Crippen LogP contribution in [-0.4, -0.2) is 51.2 Å². The summed E-state index contributed by atoms with van der Waals surface area (Å²) in [5, 5.41) is 5.03. The number of ether oxygens (including phenoxy) is 1. The maximum absolute atomic E-state index is 13.8. The van der Waals surface area contributed by atoms with Gasteiger partial charge in [0.25, 0.3) is 5.91 Å². The van der Waals surface area contributed by atoms with E-state index < -0.39 is 12.0 Å². The summed E-state index contributed by atoms with van der Waals surface area (Å²) in [4.78, 5) is 34.1. The molecule has 0 aliphatic rings. The molecule has 1 amide bonds. The normalized spacial score (nSPS) is 11.6. The highest BCUT2D eigenvalue weighted by Crippen LogP contribution is 2.32. The molecule has 5 rings (SSSR count). The third-order valence-electron chi connectivity index (χ3n) is 7.17. The molecule has 8 nitrogen and oxygen atoms in total. The third-order valence-corrected chi connectivity index (χ3v) is 7.81. The molecule has 0 unspecified atom stereocenters. The predicted molar refractivity (Wildman–Crippen MR) is 167 cm³/mol. The van der Waals surface area contributed by atoms with Gasteiger partial charge in [0.05, 0.1) is 37.8 Å². The van der Waals surface area contributed by atoms with Crippen molar-refractivity contribution < 1.29 is 14.3 Å². The second kappa shape index (κ2) is 13.2. The zero-order chi connectivity index (χ0) is 29.5. The number of esters is 1. The molecule has 0 aliphatic heterocycles. The van der Waals surface area contributed by atoms with Crippen LogP contribution in [0.15, 0.2) is 91.6 Å². The van der Waals surface area contributed by atoms with Crippen molar-refractivity contribution in [2.45, 2.75) is 25.6 Å². The Bertz CT molecular complexity index is 1740. The van der Waals surface area contributed by atoms with Crippen LogP contribution in [0.25, 0.3) is 26.7 Å². The lowest BCUT2D eigenvalue weighted by atomic mass is 9.97. The van der Waals surface area contributed by atoms with Crippen LogP contribution >= 0.6 is 11.8 Å². The average Bonchev–Trinajstić information content (AvgIpc) is 3.65. The summed E-state index contributed by atoms with van der Waals surface area (Å²) in [6.45, 7) is 8.27. The first-order valence-corrected chi connectivity index (χ1v) is 14.9. The van der Waals surface area contributed by atoms with Gasteiger partial charge < -0.3 is 19.2 Å². The van der Waals surface area contributed by atoms with Gasteiger partial charge in [-0.3, -0.25) is 4.79 Å². The van der Waals surface area contributed by atoms with Gasteiger partial charge in [0.2, 0.25) is 0 Å². The molecule has 0 spiro atoms. The number of hydrogen-bond acceptors (Lipinski definition) is 5. The summed E-state index contributed by atoms with van der Waals surface area (Å²) in [7, 11) is 1.33. The molecule has 0 fully saturated rings. The molecule has 3 aromatic carbocycles.